The lowest BCUT2D eigenvalue weighted by atomic mass is 10.0. The molecule has 2 heterocycles. The molecule has 0 spiro atoms. The molecule has 3 rings (SSSR count). The Balaban J connectivity index is 2.13. The van der Waals surface area contributed by atoms with Gasteiger partial charge in [0.05, 0.1) is 16.3 Å². The molecule has 1 aromatic rings. The number of fused-ring (bicyclic) bond motifs is 3. The largest absolute Gasteiger partial charge is 0.416 e. The van der Waals surface area contributed by atoms with E-state index in [2.05, 4.69) is 5.32 Å². The molecule has 0 amide bonds. The van der Waals surface area contributed by atoms with Crippen molar-refractivity contribution in [2.45, 2.75) is 18.6 Å². The number of piperazine rings is 1. The Morgan fingerprint density at radius 2 is 2.11 bits per heavy atom. The first-order valence-electron chi connectivity index (χ1n) is 5.84. The SMILES string of the molecule is FC(F)(F)c1ccc(Cl)c2c1CC1CNCCN21. The highest BCUT2D eigenvalue weighted by Gasteiger charge is 2.41. The van der Waals surface area contributed by atoms with Crippen molar-refractivity contribution in [2.75, 3.05) is 24.5 Å². The zero-order valence-corrected chi connectivity index (χ0v) is 10.3. The average Bonchev–Trinajstić information content (AvgIpc) is 2.67. The summed E-state index contributed by atoms with van der Waals surface area (Å²) >= 11 is 6.08. The molecule has 1 fully saturated rings. The summed E-state index contributed by atoms with van der Waals surface area (Å²) in [7, 11) is 0. The van der Waals surface area contributed by atoms with Gasteiger partial charge in [0.15, 0.2) is 0 Å². The van der Waals surface area contributed by atoms with E-state index in [0.29, 0.717) is 35.8 Å². The van der Waals surface area contributed by atoms with Gasteiger partial charge in [0, 0.05) is 25.7 Å². The van der Waals surface area contributed by atoms with Crippen LogP contribution < -0.4 is 10.2 Å². The second-order valence-electron chi connectivity index (χ2n) is 4.68. The second kappa shape index (κ2) is 4.03. The van der Waals surface area contributed by atoms with Crippen LogP contribution in [-0.4, -0.2) is 25.7 Å². The smallest absolute Gasteiger partial charge is 0.364 e. The van der Waals surface area contributed by atoms with E-state index in [1.807, 2.05) is 4.90 Å². The van der Waals surface area contributed by atoms with Crippen molar-refractivity contribution in [1.82, 2.24) is 5.32 Å². The topological polar surface area (TPSA) is 15.3 Å². The second-order valence-corrected chi connectivity index (χ2v) is 5.08. The zero-order chi connectivity index (χ0) is 12.9. The Kier molecular flexibility index (Phi) is 2.71. The minimum atomic E-state index is -4.31. The molecule has 0 aromatic heterocycles. The van der Waals surface area contributed by atoms with Gasteiger partial charge in [-0.25, -0.2) is 0 Å². The van der Waals surface area contributed by atoms with Crippen LogP contribution >= 0.6 is 11.6 Å². The van der Waals surface area contributed by atoms with Gasteiger partial charge >= 0.3 is 6.18 Å². The summed E-state index contributed by atoms with van der Waals surface area (Å²) in [6.45, 7) is 2.20. The summed E-state index contributed by atoms with van der Waals surface area (Å²) in [6, 6.07) is 2.54. The summed E-state index contributed by atoms with van der Waals surface area (Å²) < 4.78 is 38.9. The fraction of sp³-hybridized carbons (Fsp3) is 0.500. The molecule has 0 aliphatic carbocycles. The Morgan fingerprint density at radius 3 is 2.83 bits per heavy atom. The van der Waals surface area contributed by atoms with E-state index in [1.165, 1.54) is 6.07 Å². The number of hydrogen-bond donors (Lipinski definition) is 1. The van der Waals surface area contributed by atoms with Gasteiger partial charge in [0.2, 0.25) is 0 Å². The van der Waals surface area contributed by atoms with E-state index >= 15 is 0 Å². The third kappa shape index (κ3) is 1.77. The Bertz CT molecular complexity index is 487. The summed E-state index contributed by atoms with van der Waals surface area (Å²) in [5.74, 6) is 0. The van der Waals surface area contributed by atoms with Gasteiger partial charge in [-0.2, -0.15) is 13.2 Å². The lowest BCUT2D eigenvalue weighted by Gasteiger charge is -2.33. The van der Waals surface area contributed by atoms with Gasteiger partial charge in [0.1, 0.15) is 0 Å². The van der Waals surface area contributed by atoms with Gasteiger partial charge in [-0.05, 0) is 24.1 Å². The third-order valence-electron chi connectivity index (χ3n) is 3.62. The first-order valence-corrected chi connectivity index (χ1v) is 6.22. The van der Waals surface area contributed by atoms with Crippen LogP contribution in [0.4, 0.5) is 18.9 Å². The minimum Gasteiger partial charge on any atom is -0.364 e. The normalized spacial score (nSPS) is 22.9. The van der Waals surface area contributed by atoms with Crippen LogP contribution in [0.5, 0.6) is 0 Å². The molecule has 1 unspecified atom stereocenters. The van der Waals surface area contributed by atoms with E-state index in [9.17, 15) is 13.2 Å². The molecule has 18 heavy (non-hydrogen) atoms. The summed E-state index contributed by atoms with van der Waals surface area (Å²) in [4.78, 5) is 2.00. The van der Waals surface area contributed by atoms with E-state index in [-0.39, 0.29) is 6.04 Å². The Morgan fingerprint density at radius 1 is 1.33 bits per heavy atom. The van der Waals surface area contributed by atoms with Crippen LogP contribution in [-0.2, 0) is 12.6 Å². The molecule has 1 atom stereocenters. The number of benzene rings is 1. The van der Waals surface area contributed by atoms with E-state index in [1.54, 1.807) is 0 Å². The first kappa shape index (κ1) is 12.1. The molecule has 0 bridgehead atoms. The van der Waals surface area contributed by atoms with Crippen molar-refractivity contribution in [3.63, 3.8) is 0 Å². The highest BCUT2D eigenvalue weighted by molar-refractivity contribution is 6.33. The molecule has 2 aliphatic rings. The van der Waals surface area contributed by atoms with Crippen molar-refractivity contribution in [3.8, 4) is 0 Å². The van der Waals surface area contributed by atoms with Crippen molar-refractivity contribution in [3.05, 3.63) is 28.3 Å². The van der Waals surface area contributed by atoms with Crippen molar-refractivity contribution < 1.29 is 13.2 Å². The summed E-state index contributed by atoms with van der Waals surface area (Å²) in [6.07, 6.45) is -3.89. The van der Waals surface area contributed by atoms with Gasteiger partial charge in [0.25, 0.3) is 0 Å². The number of halogens is 4. The molecule has 0 radical (unpaired) electrons. The quantitative estimate of drug-likeness (QED) is 0.784. The average molecular weight is 277 g/mol. The number of alkyl halides is 3. The van der Waals surface area contributed by atoms with Crippen LogP contribution in [0, 0.1) is 0 Å². The van der Waals surface area contributed by atoms with Crippen LogP contribution in [0.15, 0.2) is 12.1 Å². The van der Waals surface area contributed by atoms with Crippen LogP contribution in [0.3, 0.4) is 0 Å². The van der Waals surface area contributed by atoms with Crippen LogP contribution in [0.1, 0.15) is 11.1 Å². The fourth-order valence-electron chi connectivity index (χ4n) is 2.86. The van der Waals surface area contributed by atoms with Crippen LogP contribution in [0.25, 0.3) is 0 Å². The first-order chi connectivity index (χ1) is 8.48. The Labute approximate surface area is 108 Å². The standard InChI is InChI=1S/C12H12ClF3N2/c13-10-2-1-9(12(14,15)16)8-5-7-6-17-3-4-18(7)11(8)10/h1-2,7,17H,3-6H2. The molecular weight excluding hydrogens is 265 g/mol. The molecule has 2 nitrogen and oxygen atoms in total. The van der Waals surface area contributed by atoms with Crippen molar-refractivity contribution in [1.29, 1.82) is 0 Å². The number of hydrogen-bond acceptors (Lipinski definition) is 2. The monoisotopic (exact) mass is 276 g/mol. The molecule has 0 saturated carbocycles. The van der Waals surface area contributed by atoms with Gasteiger partial charge in [-0.1, -0.05) is 11.6 Å². The lowest BCUT2D eigenvalue weighted by Crippen LogP contribution is -2.49. The van der Waals surface area contributed by atoms with Gasteiger partial charge in [-0.3, -0.25) is 0 Å². The molecule has 1 N–H and O–H groups in total. The molecule has 1 saturated heterocycles. The maximum atomic E-state index is 13.0. The van der Waals surface area contributed by atoms with E-state index in [0.717, 1.165) is 12.6 Å². The lowest BCUT2D eigenvalue weighted by molar-refractivity contribution is -0.138. The fourth-order valence-corrected chi connectivity index (χ4v) is 3.15. The molecule has 98 valence electrons. The van der Waals surface area contributed by atoms with E-state index < -0.39 is 11.7 Å². The predicted molar refractivity (Wildman–Crippen MR) is 64.2 cm³/mol. The molecular formula is C12H12ClF3N2. The number of nitrogens with zero attached hydrogens (tertiary/aromatic N) is 1. The van der Waals surface area contributed by atoms with E-state index in [4.69, 9.17) is 11.6 Å². The maximum Gasteiger partial charge on any atom is 0.416 e. The third-order valence-corrected chi connectivity index (χ3v) is 3.92. The summed E-state index contributed by atoms with van der Waals surface area (Å²) in [5, 5.41) is 3.62. The maximum absolute atomic E-state index is 13.0. The molecule has 6 heteroatoms. The van der Waals surface area contributed by atoms with Crippen LogP contribution in [0.2, 0.25) is 5.02 Å². The number of anilines is 1. The Hall–Kier alpha value is -0.940. The predicted octanol–water partition coefficient (Wildman–Crippen LogP) is 2.69. The summed E-state index contributed by atoms with van der Waals surface area (Å²) in [5.41, 5.74) is 0.387. The molecule has 1 aromatic carbocycles. The number of nitrogens with one attached hydrogen (secondary N) is 1. The molecule has 2 aliphatic heterocycles. The van der Waals surface area contributed by atoms with Gasteiger partial charge in [-0.15, -0.1) is 0 Å². The van der Waals surface area contributed by atoms with Crippen molar-refractivity contribution >= 4 is 17.3 Å². The number of rotatable bonds is 0. The highest BCUT2D eigenvalue weighted by Crippen LogP contribution is 2.45. The minimum absolute atomic E-state index is 0.0924. The zero-order valence-electron chi connectivity index (χ0n) is 9.52. The highest BCUT2D eigenvalue weighted by atomic mass is 35.5. The van der Waals surface area contributed by atoms with Crippen molar-refractivity contribution in [2.24, 2.45) is 0 Å². The van der Waals surface area contributed by atoms with Gasteiger partial charge < -0.3 is 10.2 Å².